The summed E-state index contributed by atoms with van der Waals surface area (Å²) in [6, 6.07) is 20.8. The zero-order valence-electron chi connectivity index (χ0n) is 33.4. The number of esters is 2. The number of benzene rings is 3. The normalized spacial score (nSPS) is 13.3. The predicted octanol–water partition coefficient (Wildman–Crippen LogP) is 8.98. The van der Waals surface area contributed by atoms with Gasteiger partial charge in [0.05, 0.1) is 0 Å². The standard InChI is InChI=1S/C43H60N4O6/c1-29-22-23-32(44-38(50)46-34(24-30-18-14-12-15-19-30)36(48)52-42(8,9)27-40(2,3)4)26-33(29)45-39(51)47-35(25-31-20-16-13-17-21-31)37(49)53-43(10,11)28-41(5,6)7/h12-23,26,34-35H,24-25,27-28H2,1-11H3,(H2,44,46,50)(H2,45,47,51)/t34-,35-/m0/s1. The predicted molar refractivity (Wildman–Crippen MR) is 212 cm³/mol. The van der Waals surface area contributed by atoms with Crippen molar-refractivity contribution in [3.05, 3.63) is 95.6 Å². The van der Waals surface area contributed by atoms with Crippen molar-refractivity contribution in [1.82, 2.24) is 10.6 Å². The number of rotatable bonds is 14. The molecule has 0 aromatic heterocycles. The molecule has 0 saturated carbocycles. The highest BCUT2D eigenvalue weighted by atomic mass is 16.6. The van der Waals surface area contributed by atoms with Crippen LogP contribution in [-0.2, 0) is 31.9 Å². The molecule has 4 amide bonds. The second-order valence-corrected chi connectivity index (χ2v) is 17.5. The first-order valence-electron chi connectivity index (χ1n) is 18.3. The van der Waals surface area contributed by atoms with Crippen LogP contribution in [0.1, 0.15) is 98.8 Å². The second kappa shape index (κ2) is 17.8. The number of carbonyl (C=O) groups excluding carboxylic acids is 4. The largest absolute Gasteiger partial charge is 0.458 e. The molecule has 0 aliphatic carbocycles. The molecule has 288 valence electrons. The van der Waals surface area contributed by atoms with E-state index in [-0.39, 0.29) is 23.7 Å². The van der Waals surface area contributed by atoms with Crippen molar-refractivity contribution in [3.63, 3.8) is 0 Å². The number of aryl methyl sites for hydroxylation is 1. The van der Waals surface area contributed by atoms with Gasteiger partial charge >= 0.3 is 24.0 Å². The van der Waals surface area contributed by atoms with Crippen molar-refractivity contribution in [2.24, 2.45) is 10.8 Å². The fourth-order valence-corrected chi connectivity index (χ4v) is 6.88. The molecule has 0 aliphatic heterocycles. The molecule has 0 heterocycles. The van der Waals surface area contributed by atoms with Crippen LogP contribution in [0.4, 0.5) is 21.0 Å². The molecular weight excluding hydrogens is 668 g/mol. The Kier molecular flexibility index (Phi) is 14.3. The monoisotopic (exact) mass is 728 g/mol. The minimum atomic E-state index is -0.960. The van der Waals surface area contributed by atoms with Gasteiger partial charge in [0.1, 0.15) is 23.3 Å². The van der Waals surface area contributed by atoms with Gasteiger partial charge in [-0.25, -0.2) is 19.2 Å². The van der Waals surface area contributed by atoms with Gasteiger partial charge in [-0.3, -0.25) is 0 Å². The molecule has 0 bridgehead atoms. The molecule has 3 aromatic rings. The summed E-state index contributed by atoms with van der Waals surface area (Å²) in [5.74, 6) is -1.07. The summed E-state index contributed by atoms with van der Waals surface area (Å²) in [5.41, 5.74) is 1.60. The molecule has 0 saturated heterocycles. The number of hydrogen-bond acceptors (Lipinski definition) is 6. The number of hydrogen-bond donors (Lipinski definition) is 4. The second-order valence-electron chi connectivity index (χ2n) is 17.5. The molecule has 0 aliphatic rings. The van der Waals surface area contributed by atoms with E-state index in [0.717, 1.165) is 16.7 Å². The van der Waals surface area contributed by atoms with Crippen LogP contribution in [0.25, 0.3) is 0 Å². The van der Waals surface area contributed by atoms with Crippen LogP contribution >= 0.6 is 0 Å². The Labute approximate surface area is 316 Å². The molecule has 4 N–H and O–H groups in total. The Morgan fingerprint density at radius 3 is 1.36 bits per heavy atom. The van der Waals surface area contributed by atoms with Crippen LogP contribution in [0, 0.1) is 17.8 Å². The molecule has 0 radical (unpaired) electrons. The van der Waals surface area contributed by atoms with E-state index in [1.165, 1.54) is 0 Å². The number of urea groups is 2. The van der Waals surface area contributed by atoms with E-state index < -0.39 is 47.3 Å². The van der Waals surface area contributed by atoms with Crippen molar-refractivity contribution >= 4 is 35.4 Å². The smallest absolute Gasteiger partial charge is 0.329 e. The van der Waals surface area contributed by atoms with Crippen LogP contribution in [0.5, 0.6) is 0 Å². The molecule has 10 heteroatoms. The highest BCUT2D eigenvalue weighted by Gasteiger charge is 2.34. The molecule has 53 heavy (non-hydrogen) atoms. The Morgan fingerprint density at radius 2 is 0.962 bits per heavy atom. The van der Waals surface area contributed by atoms with Gasteiger partial charge in [-0.2, -0.15) is 0 Å². The van der Waals surface area contributed by atoms with E-state index in [2.05, 4.69) is 62.8 Å². The van der Waals surface area contributed by atoms with Gasteiger partial charge in [-0.15, -0.1) is 0 Å². The lowest BCUT2D eigenvalue weighted by Gasteiger charge is -2.33. The van der Waals surface area contributed by atoms with Gasteiger partial charge in [-0.05, 0) is 87.1 Å². The molecule has 10 nitrogen and oxygen atoms in total. The summed E-state index contributed by atoms with van der Waals surface area (Å²) in [7, 11) is 0. The van der Waals surface area contributed by atoms with E-state index in [1.54, 1.807) is 18.2 Å². The fraction of sp³-hybridized carbons (Fsp3) is 0.488. The SMILES string of the molecule is Cc1ccc(NC(=O)N[C@@H](Cc2ccccc2)C(=O)OC(C)(C)CC(C)(C)C)cc1NC(=O)N[C@@H](Cc1ccccc1)C(=O)OC(C)(C)CC(C)(C)C. The third kappa shape index (κ3) is 15.7. The van der Waals surface area contributed by atoms with E-state index in [9.17, 15) is 19.2 Å². The maximum atomic E-state index is 13.5. The lowest BCUT2D eigenvalue weighted by atomic mass is 9.83. The van der Waals surface area contributed by atoms with E-state index in [1.807, 2.05) is 95.3 Å². The van der Waals surface area contributed by atoms with E-state index in [4.69, 9.17) is 9.47 Å². The van der Waals surface area contributed by atoms with Crippen molar-refractivity contribution < 1.29 is 28.7 Å². The summed E-state index contributed by atoms with van der Waals surface area (Å²) in [6.45, 7) is 21.8. The van der Waals surface area contributed by atoms with Crippen molar-refractivity contribution in [2.45, 2.75) is 125 Å². The van der Waals surface area contributed by atoms with Crippen molar-refractivity contribution in [2.75, 3.05) is 10.6 Å². The lowest BCUT2D eigenvalue weighted by molar-refractivity contribution is -0.162. The van der Waals surface area contributed by atoms with E-state index in [0.29, 0.717) is 24.2 Å². The number of carbonyl (C=O) groups is 4. The Balaban J connectivity index is 1.74. The Bertz CT molecular complexity index is 1690. The summed E-state index contributed by atoms with van der Waals surface area (Å²) in [6.07, 6.45) is 1.73. The average molecular weight is 729 g/mol. The molecule has 2 atom stereocenters. The Hall–Kier alpha value is -4.86. The first kappa shape index (κ1) is 42.6. The van der Waals surface area contributed by atoms with Crippen LogP contribution < -0.4 is 21.3 Å². The van der Waals surface area contributed by atoms with E-state index >= 15 is 0 Å². The first-order chi connectivity index (χ1) is 24.5. The minimum Gasteiger partial charge on any atom is -0.458 e. The summed E-state index contributed by atoms with van der Waals surface area (Å²) in [4.78, 5) is 53.8. The van der Waals surface area contributed by atoms with Crippen LogP contribution in [0.2, 0.25) is 0 Å². The Morgan fingerprint density at radius 1 is 0.566 bits per heavy atom. The molecule has 0 fully saturated rings. The molecule has 0 unspecified atom stereocenters. The zero-order chi connectivity index (χ0) is 39.6. The maximum absolute atomic E-state index is 13.5. The first-order valence-corrected chi connectivity index (χ1v) is 18.3. The van der Waals surface area contributed by atoms with Crippen molar-refractivity contribution in [3.8, 4) is 0 Å². The van der Waals surface area contributed by atoms with Crippen LogP contribution in [-0.4, -0.2) is 47.3 Å². The van der Waals surface area contributed by atoms with Gasteiger partial charge < -0.3 is 30.7 Å². The number of amides is 4. The number of anilines is 2. The summed E-state index contributed by atoms with van der Waals surface area (Å²) < 4.78 is 11.9. The third-order valence-corrected chi connectivity index (χ3v) is 8.15. The lowest BCUT2D eigenvalue weighted by Crippen LogP contribution is -2.48. The number of nitrogens with one attached hydrogen (secondary N) is 4. The quantitative estimate of drug-likeness (QED) is 0.122. The fourth-order valence-electron chi connectivity index (χ4n) is 6.88. The number of ether oxygens (including phenoxy) is 2. The maximum Gasteiger partial charge on any atom is 0.329 e. The summed E-state index contributed by atoms with van der Waals surface area (Å²) >= 11 is 0. The topological polar surface area (TPSA) is 135 Å². The van der Waals surface area contributed by atoms with Gasteiger partial charge in [0, 0.05) is 24.2 Å². The highest BCUT2D eigenvalue weighted by Crippen LogP contribution is 2.31. The molecule has 0 spiro atoms. The highest BCUT2D eigenvalue weighted by molar-refractivity contribution is 5.96. The third-order valence-electron chi connectivity index (χ3n) is 8.15. The van der Waals surface area contributed by atoms with Gasteiger partial charge in [0.25, 0.3) is 0 Å². The molecular formula is C43H60N4O6. The van der Waals surface area contributed by atoms with Crippen LogP contribution in [0.15, 0.2) is 78.9 Å². The summed E-state index contributed by atoms with van der Waals surface area (Å²) in [5, 5.41) is 11.2. The van der Waals surface area contributed by atoms with Crippen molar-refractivity contribution in [1.29, 1.82) is 0 Å². The molecule has 3 aromatic carbocycles. The molecule has 3 rings (SSSR count). The van der Waals surface area contributed by atoms with Gasteiger partial charge in [0.2, 0.25) is 0 Å². The van der Waals surface area contributed by atoms with Gasteiger partial charge in [-0.1, -0.05) is 108 Å². The average Bonchev–Trinajstić information content (AvgIpc) is 3.00. The van der Waals surface area contributed by atoms with Gasteiger partial charge in [0.15, 0.2) is 0 Å². The zero-order valence-corrected chi connectivity index (χ0v) is 33.4. The van der Waals surface area contributed by atoms with Crippen LogP contribution in [0.3, 0.4) is 0 Å². The minimum absolute atomic E-state index is 0.0767.